The Hall–Kier alpha value is -2.41. The van der Waals surface area contributed by atoms with Gasteiger partial charge in [-0.1, -0.05) is 11.6 Å². The molecule has 6 nitrogen and oxygen atoms in total. The van der Waals surface area contributed by atoms with E-state index in [0.29, 0.717) is 18.4 Å². The Bertz CT molecular complexity index is 993. The molecule has 2 amide bonds. The summed E-state index contributed by atoms with van der Waals surface area (Å²) in [6.07, 6.45) is 4.16. The molecule has 1 aromatic carbocycles. The van der Waals surface area contributed by atoms with Gasteiger partial charge >= 0.3 is 0 Å². The monoisotopic (exact) mass is 363 g/mol. The zero-order valence-corrected chi connectivity index (χ0v) is 13.9. The van der Waals surface area contributed by atoms with Gasteiger partial charge in [0.25, 0.3) is 5.91 Å². The van der Waals surface area contributed by atoms with Crippen LogP contribution >= 0.6 is 11.6 Å². The van der Waals surface area contributed by atoms with Crippen LogP contribution in [0.3, 0.4) is 0 Å². The minimum atomic E-state index is -1.08. The summed E-state index contributed by atoms with van der Waals surface area (Å²) in [6, 6.07) is 2.60. The van der Waals surface area contributed by atoms with Gasteiger partial charge in [0.1, 0.15) is 16.9 Å². The molecular weight excluding hydrogens is 349 g/mol. The molecule has 0 unspecified atom stereocenters. The second-order valence-electron chi connectivity index (χ2n) is 6.69. The first-order valence-electron chi connectivity index (χ1n) is 7.99. The van der Waals surface area contributed by atoms with Gasteiger partial charge in [-0.3, -0.25) is 14.4 Å². The number of benzene rings is 1. The Morgan fingerprint density at radius 3 is 2.56 bits per heavy atom. The zero-order chi connectivity index (χ0) is 17.9. The van der Waals surface area contributed by atoms with Gasteiger partial charge < -0.3 is 15.6 Å². The van der Waals surface area contributed by atoms with E-state index < -0.39 is 28.6 Å². The number of nitrogens with two attached hydrogens (primary N) is 1. The third kappa shape index (κ3) is 2.59. The van der Waals surface area contributed by atoms with E-state index in [9.17, 15) is 18.8 Å². The van der Waals surface area contributed by atoms with Crippen molar-refractivity contribution in [3.8, 4) is 0 Å². The van der Waals surface area contributed by atoms with E-state index in [1.807, 2.05) is 0 Å². The van der Waals surface area contributed by atoms with Gasteiger partial charge in [0.2, 0.25) is 11.3 Å². The Morgan fingerprint density at radius 1 is 1.32 bits per heavy atom. The van der Waals surface area contributed by atoms with Crippen LogP contribution in [-0.2, 0) is 4.79 Å². The number of hydrogen-bond acceptors (Lipinski definition) is 3. The lowest BCUT2D eigenvalue weighted by Crippen LogP contribution is -2.47. The molecule has 130 valence electrons. The van der Waals surface area contributed by atoms with E-state index in [1.165, 1.54) is 12.3 Å². The molecule has 2 aliphatic rings. The van der Waals surface area contributed by atoms with Gasteiger partial charge in [0, 0.05) is 17.6 Å². The van der Waals surface area contributed by atoms with Crippen molar-refractivity contribution in [2.24, 2.45) is 5.73 Å². The fourth-order valence-electron chi connectivity index (χ4n) is 3.00. The molecule has 0 bridgehead atoms. The third-order valence-electron chi connectivity index (χ3n) is 4.83. The molecule has 0 atom stereocenters. The minimum absolute atomic E-state index is 0.0795. The molecule has 0 saturated heterocycles. The van der Waals surface area contributed by atoms with Crippen molar-refractivity contribution in [2.75, 3.05) is 0 Å². The topological polar surface area (TPSA) is 94.2 Å². The maximum Gasteiger partial charge on any atom is 0.257 e. The third-order valence-corrected chi connectivity index (χ3v) is 5.12. The summed E-state index contributed by atoms with van der Waals surface area (Å²) in [6.45, 7) is 0. The number of nitrogens with zero attached hydrogens (tertiary/aromatic N) is 1. The number of fused-ring (bicyclic) bond motifs is 1. The highest BCUT2D eigenvalue weighted by Crippen LogP contribution is 2.38. The van der Waals surface area contributed by atoms with E-state index in [4.69, 9.17) is 17.3 Å². The predicted molar refractivity (Wildman–Crippen MR) is 90.1 cm³/mol. The summed E-state index contributed by atoms with van der Waals surface area (Å²) < 4.78 is 15.6. The van der Waals surface area contributed by atoms with Crippen molar-refractivity contribution in [2.45, 2.75) is 37.3 Å². The van der Waals surface area contributed by atoms with Crippen LogP contribution in [0.4, 0.5) is 4.39 Å². The fourth-order valence-corrected chi connectivity index (χ4v) is 3.16. The molecule has 2 aromatic rings. The zero-order valence-electron chi connectivity index (χ0n) is 13.1. The average Bonchev–Trinajstić information content (AvgIpc) is 3.43. The lowest BCUT2D eigenvalue weighted by Gasteiger charge is -2.16. The molecular formula is C17H15ClFN3O3. The van der Waals surface area contributed by atoms with Gasteiger partial charge in [0.05, 0.1) is 10.5 Å². The molecule has 0 spiro atoms. The number of halogens is 2. The Labute approximate surface area is 146 Å². The second kappa shape index (κ2) is 5.29. The van der Waals surface area contributed by atoms with E-state index in [1.54, 1.807) is 4.57 Å². The number of rotatable bonds is 4. The Balaban J connectivity index is 1.85. The second-order valence-corrected chi connectivity index (χ2v) is 7.10. The van der Waals surface area contributed by atoms with E-state index in [2.05, 4.69) is 5.32 Å². The number of amides is 2. The van der Waals surface area contributed by atoms with E-state index in [-0.39, 0.29) is 22.0 Å². The number of pyridine rings is 1. The van der Waals surface area contributed by atoms with Crippen molar-refractivity contribution in [1.82, 2.24) is 9.88 Å². The van der Waals surface area contributed by atoms with Gasteiger partial charge in [-0.05, 0) is 37.8 Å². The summed E-state index contributed by atoms with van der Waals surface area (Å²) in [4.78, 5) is 36.7. The number of hydrogen-bond donors (Lipinski definition) is 2. The number of carbonyl (C=O) groups excluding carboxylic acids is 2. The van der Waals surface area contributed by atoms with Crippen molar-refractivity contribution in [3.63, 3.8) is 0 Å². The lowest BCUT2D eigenvalue weighted by atomic mass is 10.1. The van der Waals surface area contributed by atoms with Crippen LogP contribution in [-0.4, -0.2) is 21.9 Å². The van der Waals surface area contributed by atoms with Crippen LogP contribution in [0.5, 0.6) is 0 Å². The standard InChI is InChI=1S/C17H15ClFN3O3/c18-11-6-13-9(5-12(11)19)14(23)10(7-22(13)8-1-2-8)15(24)21-17(3-4-17)16(20)25/h5-8H,1-4H2,(H2,20,25)(H,21,24). The molecule has 2 fully saturated rings. The number of carbonyl (C=O) groups is 2. The first kappa shape index (κ1) is 16.1. The maximum atomic E-state index is 13.9. The van der Waals surface area contributed by atoms with Gasteiger partial charge in [-0.15, -0.1) is 0 Å². The Morgan fingerprint density at radius 2 is 2.00 bits per heavy atom. The molecule has 1 aromatic heterocycles. The van der Waals surface area contributed by atoms with Crippen LogP contribution in [0.15, 0.2) is 23.1 Å². The highest BCUT2D eigenvalue weighted by molar-refractivity contribution is 6.31. The molecule has 0 radical (unpaired) electrons. The molecule has 2 saturated carbocycles. The SMILES string of the molecule is NC(=O)C1(NC(=O)c2cn(C3CC3)c3cc(Cl)c(F)cc3c2=O)CC1. The summed E-state index contributed by atoms with van der Waals surface area (Å²) in [5.41, 5.74) is 4.00. The quantitative estimate of drug-likeness (QED) is 0.868. The minimum Gasteiger partial charge on any atom is -0.368 e. The van der Waals surface area contributed by atoms with E-state index in [0.717, 1.165) is 18.9 Å². The molecule has 3 N–H and O–H groups in total. The number of aromatic nitrogens is 1. The van der Waals surface area contributed by atoms with E-state index >= 15 is 0 Å². The highest BCUT2D eigenvalue weighted by atomic mass is 35.5. The first-order valence-corrected chi connectivity index (χ1v) is 8.36. The fraction of sp³-hybridized carbons (Fsp3) is 0.353. The van der Waals surface area contributed by atoms with Gasteiger partial charge in [-0.2, -0.15) is 0 Å². The smallest absolute Gasteiger partial charge is 0.257 e. The van der Waals surface area contributed by atoms with Crippen molar-refractivity contribution < 1.29 is 14.0 Å². The summed E-state index contributed by atoms with van der Waals surface area (Å²) in [5.74, 6) is -2.02. The molecule has 25 heavy (non-hydrogen) atoms. The van der Waals surface area contributed by atoms with Crippen molar-refractivity contribution in [3.05, 3.63) is 45.0 Å². The first-order chi connectivity index (χ1) is 11.8. The van der Waals surface area contributed by atoms with Crippen LogP contribution in [0, 0.1) is 5.82 Å². The predicted octanol–water partition coefficient (Wildman–Crippen LogP) is 1.88. The largest absolute Gasteiger partial charge is 0.368 e. The molecule has 2 aliphatic carbocycles. The van der Waals surface area contributed by atoms with Crippen LogP contribution in [0.1, 0.15) is 42.1 Å². The Kier molecular flexibility index (Phi) is 3.40. The highest BCUT2D eigenvalue weighted by Gasteiger charge is 2.50. The molecule has 0 aliphatic heterocycles. The molecule has 8 heteroatoms. The van der Waals surface area contributed by atoms with Crippen LogP contribution < -0.4 is 16.5 Å². The van der Waals surface area contributed by atoms with Crippen LogP contribution in [0.25, 0.3) is 10.9 Å². The van der Waals surface area contributed by atoms with Gasteiger partial charge in [0.15, 0.2) is 0 Å². The number of nitrogens with one attached hydrogen (secondary N) is 1. The summed E-state index contributed by atoms with van der Waals surface area (Å²) in [5, 5.41) is 2.56. The molecule has 1 heterocycles. The van der Waals surface area contributed by atoms with Gasteiger partial charge in [-0.25, -0.2) is 4.39 Å². The normalized spacial score (nSPS) is 18.2. The number of primary amides is 1. The maximum absolute atomic E-state index is 13.9. The molecule has 4 rings (SSSR count). The van der Waals surface area contributed by atoms with Crippen molar-refractivity contribution in [1.29, 1.82) is 0 Å². The lowest BCUT2D eigenvalue weighted by molar-refractivity contribution is -0.120. The average molecular weight is 364 g/mol. The summed E-state index contributed by atoms with van der Waals surface area (Å²) in [7, 11) is 0. The van der Waals surface area contributed by atoms with Crippen molar-refractivity contribution >= 4 is 34.3 Å². The summed E-state index contributed by atoms with van der Waals surface area (Å²) >= 11 is 5.85. The van der Waals surface area contributed by atoms with Crippen LogP contribution in [0.2, 0.25) is 5.02 Å².